The number of fused-ring (bicyclic) bond motifs is 9. The summed E-state index contributed by atoms with van der Waals surface area (Å²) in [5, 5.41) is 39.9. The van der Waals surface area contributed by atoms with Gasteiger partial charge in [0.2, 0.25) is 17.6 Å². The fourth-order valence-corrected chi connectivity index (χ4v) is 9.77. The molecule has 0 spiro atoms. The molecule has 0 saturated carbocycles. The summed E-state index contributed by atoms with van der Waals surface area (Å²) in [6, 6.07) is 9.91. The number of H-pyrrole nitrogens is 2. The number of nitrogens with two attached hydrogens (primary N) is 1. The summed E-state index contributed by atoms with van der Waals surface area (Å²) in [4.78, 5) is 9.17. The Morgan fingerprint density at radius 1 is 0.890 bits per heavy atom. The fraction of sp³-hybridized carbons (Fsp3) is 0.434. The van der Waals surface area contributed by atoms with Crippen molar-refractivity contribution in [1.29, 1.82) is 0 Å². The second-order valence-corrected chi connectivity index (χ2v) is 18.8. The molecule has 19 nitrogen and oxygen atoms in total. The molecule has 4 aliphatic heterocycles. The van der Waals surface area contributed by atoms with E-state index in [2.05, 4.69) is 76.6 Å². The van der Waals surface area contributed by atoms with E-state index in [0.717, 1.165) is 76.2 Å². The maximum absolute atomic E-state index is 15.1. The van der Waals surface area contributed by atoms with Gasteiger partial charge in [-0.2, -0.15) is 20.4 Å². The number of allylic oxidation sites excluding steroid dienone is 1. The topological polar surface area (TPSA) is 213 Å². The van der Waals surface area contributed by atoms with E-state index in [1.807, 2.05) is 83.5 Å². The summed E-state index contributed by atoms with van der Waals surface area (Å²) in [5.41, 5.74) is 15.9. The summed E-state index contributed by atoms with van der Waals surface area (Å²) >= 11 is 0. The lowest BCUT2D eigenvalue weighted by atomic mass is 10.0. The van der Waals surface area contributed by atoms with Gasteiger partial charge in [-0.15, -0.1) is 5.10 Å². The molecule has 7 aromatic rings. The molecule has 5 aromatic heterocycles. The average Bonchev–Trinajstić information content (AvgIpc) is 4.24. The van der Waals surface area contributed by atoms with Crippen molar-refractivity contribution in [1.82, 2.24) is 59.5 Å². The number of halogens is 1. The number of aromatic nitrogens is 10. The number of aliphatic hydroxyl groups excluding tert-OH is 1. The lowest BCUT2D eigenvalue weighted by Crippen LogP contribution is -2.46. The molecular weight excluding hydrogens is 932 g/mol. The number of hydrogen-bond acceptors (Lipinski definition) is 14. The number of aliphatic hydroxyl groups is 1. The van der Waals surface area contributed by atoms with Gasteiger partial charge >= 0.3 is 0 Å². The first-order valence-corrected chi connectivity index (χ1v) is 25.2. The number of ether oxygens (including phenoxy) is 4. The maximum atomic E-state index is 15.1. The Bertz CT molecular complexity index is 3210. The van der Waals surface area contributed by atoms with Crippen LogP contribution >= 0.6 is 0 Å². The Kier molecular flexibility index (Phi) is 15.1. The lowest BCUT2D eigenvalue weighted by molar-refractivity contribution is 0.0450. The summed E-state index contributed by atoms with van der Waals surface area (Å²) in [6.07, 6.45) is 13.2. The first kappa shape index (κ1) is 50.6. The lowest BCUT2D eigenvalue weighted by Gasteiger charge is -2.38. The summed E-state index contributed by atoms with van der Waals surface area (Å²) < 4.78 is 45.3. The largest absolute Gasteiger partial charge is 0.476 e. The standard InChI is InChI=1S/C26H31N7O2.C25H30FN7O3.C2H6/c1-5-34-25-19-9-11-23-20-12-17(7-10-22(20)28-29-23)21-13-27-32(4)26(21)35-18-8-6-16(2)33(14-18)15-24(19)31(3)30-25;1-14(2)35-24(27)16-4-5-21-18-8-17(20(26)9-22(18)31-30-21)19-10-29-33-12-15(36-25(19)33)11-32(3)13-23(16)28-6-7-34;1-2/h7,9-13,16,18H,5-6,8,14-15H2,1-4H3,(H,28,29);4-5,8-10,14-15,34H,6-7,11-13,27H2,1-3H3,(H,30,31);1-2H3/b11-9+;5-4+,24-16+,28-23?;/t;15-;/m.0./s1. The molecule has 0 radical (unpaired) electrons. The van der Waals surface area contributed by atoms with Crippen LogP contribution in [0.25, 0.3) is 62.3 Å². The van der Waals surface area contributed by atoms with Gasteiger partial charge in [-0.3, -0.25) is 29.7 Å². The van der Waals surface area contributed by atoms with Crippen molar-refractivity contribution in [2.45, 2.75) is 91.8 Å². The summed E-state index contributed by atoms with van der Waals surface area (Å²) in [6.45, 7) is 15.9. The molecule has 2 aromatic carbocycles. The van der Waals surface area contributed by atoms with Crippen molar-refractivity contribution in [3.63, 3.8) is 0 Å². The Balaban J connectivity index is 0.000000174. The molecule has 386 valence electrons. The Morgan fingerprint density at radius 3 is 2.49 bits per heavy atom. The van der Waals surface area contributed by atoms with Crippen LogP contribution in [0.15, 0.2) is 65.3 Å². The van der Waals surface area contributed by atoms with Crippen molar-refractivity contribution in [3.05, 3.63) is 88.7 Å². The van der Waals surface area contributed by atoms with E-state index < -0.39 is 0 Å². The zero-order valence-corrected chi connectivity index (χ0v) is 43.2. The van der Waals surface area contributed by atoms with Crippen LogP contribution in [0.2, 0.25) is 0 Å². The van der Waals surface area contributed by atoms with E-state index in [-0.39, 0.29) is 43.2 Å². The normalized spacial score (nSPS) is 21.6. The maximum Gasteiger partial charge on any atom is 0.240 e. The third-order valence-corrected chi connectivity index (χ3v) is 13.3. The van der Waals surface area contributed by atoms with E-state index in [0.29, 0.717) is 77.7 Å². The predicted octanol–water partition coefficient (Wildman–Crippen LogP) is 7.35. The van der Waals surface area contributed by atoms with Gasteiger partial charge in [0.15, 0.2) is 5.88 Å². The second-order valence-electron chi connectivity index (χ2n) is 18.8. The van der Waals surface area contributed by atoms with Gasteiger partial charge in [0.25, 0.3) is 0 Å². The number of nitrogens with one attached hydrogen (secondary N) is 2. The molecule has 0 aliphatic carbocycles. The molecule has 5 N–H and O–H groups in total. The molecule has 8 bridgehead atoms. The van der Waals surface area contributed by atoms with Crippen LogP contribution in [0.3, 0.4) is 0 Å². The fourth-order valence-electron chi connectivity index (χ4n) is 9.77. The Morgan fingerprint density at radius 2 is 1.70 bits per heavy atom. The van der Waals surface area contributed by atoms with E-state index in [1.54, 1.807) is 23.0 Å². The van der Waals surface area contributed by atoms with Gasteiger partial charge in [-0.05, 0) is 95.7 Å². The molecule has 4 atom stereocenters. The number of aromatic amines is 2. The quantitative estimate of drug-likeness (QED) is 0.120. The Hall–Kier alpha value is -7.29. The minimum absolute atomic E-state index is 0.0808. The van der Waals surface area contributed by atoms with Gasteiger partial charge in [0, 0.05) is 68.7 Å². The predicted molar refractivity (Wildman–Crippen MR) is 282 cm³/mol. The van der Waals surface area contributed by atoms with E-state index >= 15 is 4.39 Å². The number of aryl methyl sites for hydroxylation is 2. The van der Waals surface area contributed by atoms with Crippen LogP contribution in [0.1, 0.15) is 77.0 Å². The van der Waals surface area contributed by atoms with Gasteiger partial charge in [0.05, 0.1) is 101 Å². The number of hydrogen-bond donors (Lipinski definition) is 4. The van der Waals surface area contributed by atoms with Crippen LogP contribution in [-0.2, 0) is 31.9 Å². The van der Waals surface area contributed by atoms with Crippen molar-refractivity contribution < 1.29 is 28.4 Å². The molecule has 20 heteroatoms. The first-order chi connectivity index (χ1) is 35.3. The molecular formula is C53H67FN14O5. The highest BCUT2D eigenvalue weighted by Crippen LogP contribution is 2.39. The van der Waals surface area contributed by atoms with Crippen molar-refractivity contribution in [3.8, 4) is 39.9 Å². The van der Waals surface area contributed by atoms with E-state index in [4.69, 9.17) is 29.8 Å². The van der Waals surface area contributed by atoms with Gasteiger partial charge in [-0.1, -0.05) is 19.9 Å². The van der Waals surface area contributed by atoms with Crippen LogP contribution in [0.5, 0.6) is 17.6 Å². The number of likely N-dealkylation sites (N-methyl/N-ethyl adjacent to an activating group) is 1. The highest BCUT2D eigenvalue weighted by molar-refractivity contribution is 6.05. The average molecular weight is 999 g/mol. The van der Waals surface area contributed by atoms with E-state index in [9.17, 15) is 5.11 Å². The number of rotatable bonds is 6. The van der Waals surface area contributed by atoms with Gasteiger partial charge < -0.3 is 29.8 Å². The minimum atomic E-state index is -0.389. The van der Waals surface area contributed by atoms with Crippen LogP contribution in [-0.4, -0.2) is 141 Å². The zero-order chi connectivity index (χ0) is 51.5. The van der Waals surface area contributed by atoms with Gasteiger partial charge in [-0.25, -0.2) is 13.8 Å². The van der Waals surface area contributed by atoms with Crippen molar-refractivity contribution in [2.75, 3.05) is 46.4 Å². The Labute approximate surface area is 424 Å². The van der Waals surface area contributed by atoms with Crippen molar-refractivity contribution >= 4 is 45.7 Å². The molecule has 73 heavy (non-hydrogen) atoms. The molecule has 1 fully saturated rings. The smallest absolute Gasteiger partial charge is 0.240 e. The van der Waals surface area contributed by atoms with Crippen LogP contribution in [0, 0.1) is 5.82 Å². The van der Waals surface area contributed by atoms with Gasteiger partial charge in [0.1, 0.15) is 18.0 Å². The monoisotopic (exact) mass is 999 g/mol. The third kappa shape index (κ3) is 10.5. The molecule has 11 rings (SSSR count). The summed E-state index contributed by atoms with van der Waals surface area (Å²) in [5.74, 6) is 1.85. The molecule has 4 aliphatic rings. The second kappa shape index (κ2) is 21.8. The van der Waals surface area contributed by atoms with E-state index in [1.165, 1.54) is 6.07 Å². The highest BCUT2D eigenvalue weighted by atomic mass is 19.1. The van der Waals surface area contributed by atoms with Crippen LogP contribution < -0.4 is 19.9 Å². The number of aliphatic imine (C=N–C) groups is 1. The minimum Gasteiger partial charge on any atom is -0.476 e. The first-order valence-electron chi connectivity index (χ1n) is 25.2. The highest BCUT2D eigenvalue weighted by Gasteiger charge is 2.32. The molecule has 9 heterocycles. The number of benzene rings is 2. The number of nitrogens with zero attached hydrogens (tertiary/aromatic N) is 11. The molecule has 3 unspecified atom stereocenters. The molecule has 1 saturated heterocycles. The van der Waals surface area contributed by atoms with Crippen LogP contribution in [0.4, 0.5) is 4.39 Å². The zero-order valence-electron chi connectivity index (χ0n) is 43.2. The third-order valence-electron chi connectivity index (χ3n) is 13.3. The van der Waals surface area contributed by atoms with Crippen molar-refractivity contribution in [2.24, 2.45) is 24.8 Å². The molecule has 0 amide bonds. The SMILES string of the molecule is CC.CC(C)O/C(N)=C1\C=C\c2n[nH]c3cc(F)c(cc23)-c2cnn3c2O[C@@H](CN(C)CC1=NCCO)C3.CCOc1nn(C)c2c1/C=C/c1[nH]nc3ccc(cc13)-c1cnn(C)c1OC1CCC(C)N(C2)C1. The summed E-state index contributed by atoms with van der Waals surface area (Å²) in [7, 11) is 5.89. The number of piperidine rings is 1.